The summed E-state index contributed by atoms with van der Waals surface area (Å²) < 4.78 is 18.2. The predicted octanol–water partition coefficient (Wildman–Crippen LogP) is 4.04. The smallest absolute Gasteiger partial charge is 0.466 e. The molecule has 23 heavy (non-hydrogen) atoms. The quantitative estimate of drug-likeness (QED) is 0.582. The number of benzene rings is 1. The number of halogens is 1. The van der Waals surface area contributed by atoms with Crippen molar-refractivity contribution in [2.24, 2.45) is 0 Å². The van der Waals surface area contributed by atoms with Gasteiger partial charge in [0.05, 0.1) is 24.7 Å². The van der Waals surface area contributed by atoms with E-state index in [2.05, 4.69) is 15.9 Å². The first-order valence-corrected chi connectivity index (χ1v) is 8.55. The Hall–Kier alpha value is -0.845. The Kier molecular flexibility index (Phi) is 5.29. The highest BCUT2D eigenvalue weighted by Crippen LogP contribution is 2.42. The lowest BCUT2D eigenvalue weighted by Crippen LogP contribution is -2.41. The summed E-state index contributed by atoms with van der Waals surface area (Å²) in [7, 11) is 0.914. The van der Waals surface area contributed by atoms with Gasteiger partial charge >= 0.3 is 13.1 Å². The topological polar surface area (TPSA) is 44.8 Å². The number of methoxy groups -OCH3 is 1. The molecule has 1 unspecified atom stereocenters. The highest BCUT2D eigenvalue weighted by Gasteiger charge is 2.54. The van der Waals surface area contributed by atoms with E-state index in [-0.39, 0.29) is 18.2 Å². The normalized spacial score (nSPS) is 20.4. The van der Waals surface area contributed by atoms with Gasteiger partial charge in [0.25, 0.3) is 0 Å². The fraction of sp³-hybridized carbons (Fsp3) is 0.588. The fourth-order valence-corrected chi connectivity index (χ4v) is 3.20. The Morgan fingerprint density at radius 3 is 2.30 bits per heavy atom. The zero-order chi connectivity index (χ0) is 17.4. The van der Waals surface area contributed by atoms with E-state index in [1.165, 1.54) is 7.11 Å². The molecule has 1 aromatic rings. The molecule has 0 N–H and O–H groups in total. The van der Waals surface area contributed by atoms with Crippen molar-refractivity contribution >= 4 is 29.0 Å². The summed E-state index contributed by atoms with van der Waals surface area (Å²) in [6.45, 7) is 10.1. The molecule has 0 aliphatic carbocycles. The number of aryl methyl sites for hydroxylation is 1. The highest BCUT2D eigenvalue weighted by atomic mass is 79.9. The minimum atomic E-state index is -0.487. The molecule has 1 atom stereocenters. The van der Waals surface area contributed by atoms with Crippen LogP contribution in [0.25, 0.3) is 0 Å². The van der Waals surface area contributed by atoms with Crippen molar-refractivity contribution in [3.05, 3.63) is 33.8 Å². The molecule has 1 saturated heterocycles. The number of esters is 1. The van der Waals surface area contributed by atoms with E-state index in [4.69, 9.17) is 14.0 Å². The van der Waals surface area contributed by atoms with Crippen molar-refractivity contribution in [2.45, 2.75) is 58.1 Å². The Bertz CT molecular complexity index is 584. The van der Waals surface area contributed by atoms with E-state index in [9.17, 15) is 4.79 Å². The number of carbonyl (C=O) groups is 1. The molecule has 1 heterocycles. The van der Waals surface area contributed by atoms with Gasteiger partial charge in [-0.1, -0.05) is 22.0 Å². The molecule has 0 aromatic heterocycles. The highest BCUT2D eigenvalue weighted by molar-refractivity contribution is 9.10. The second-order valence-electron chi connectivity index (χ2n) is 7.01. The molecule has 126 valence electrons. The minimum absolute atomic E-state index is 0.211. The van der Waals surface area contributed by atoms with Gasteiger partial charge in [-0.05, 0) is 57.9 Å². The molecular formula is C17H24BBrO4. The van der Waals surface area contributed by atoms with Gasteiger partial charge in [-0.2, -0.15) is 0 Å². The fourth-order valence-electron chi connectivity index (χ4n) is 2.72. The summed E-state index contributed by atoms with van der Waals surface area (Å²) in [5.74, 6) is -0.483. The minimum Gasteiger partial charge on any atom is -0.469 e. The second kappa shape index (κ2) is 6.57. The number of carbonyl (C=O) groups excluding carboxylic acids is 1. The van der Waals surface area contributed by atoms with E-state index in [0.29, 0.717) is 0 Å². The predicted molar refractivity (Wildman–Crippen MR) is 94.3 cm³/mol. The van der Waals surface area contributed by atoms with E-state index in [1.807, 2.05) is 52.8 Å². The maximum Gasteiger partial charge on any atom is 0.466 e. The van der Waals surface area contributed by atoms with Crippen molar-refractivity contribution in [1.29, 1.82) is 0 Å². The molecule has 0 amide bonds. The van der Waals surface area contributed by atoms with Gasteiger partial charge in [0.15, 0.2) is 0 Å². The van der Waals surface area contributed by atoms with Gasteiger partial charge in [0, 0.05) is 10.3 Å². The first-order chi connectivity index (χ1) is 10.6. The molecule has 1 fully saturated rings. The van der Waals surface area contributed by atoms with Crippen molar-refractivity contribution in [3.8, 4) is 0 Å². The van der Waals surface area contributed by atoms with Crippen LogP contribution in [0.3, 0.4) is 0 Å². The third kappa shape index (κ3) is 3.81. The van der Waals surface area contributed by atoms with Crippen molar-refractivity contribution in [1.82, 2.24) is 0 Å². The van der Waals surface area contributed by atoms with Crippen LogP contribution in [0.2, 0.25) is 0 Å². The number of ether oxygens (including phenoxy) is 1. The van der Waals surface area contributed by atoms with Gasteiger partial charge < -0.3 is 14.0 Å². The van der Waals surface area contributed by atoms with E-state index in [0.717, 1.165) is 15.6 Å². The summed E-state index contributed by atoms with van der Waals surface area (Å²) in [4.78, 5) is 11.9. The van der Waals surface area contributed by atoms with E-state index >= 15 is 0 Å². The van der Waals surface area contributed by atoms with Crippen LogP contribution in [0, 0.1) is 6.92 Å². The zero-order valence-corrected chi connectivity index (χ0v) is 16.2. The Morgan fingerprint density at radius 1 is 1.26 bits per heavy atom. The summed E-state index contributed by atoms with van der Waals surface area (Å²) >= 11 is 3.48. The van der Waals surface area contributed by atoms with Crippen molar-refractivity contribution in [2.75, 3.05) is 7.11 Å². The third-order valence-electron chi connectivity index (χ3n) is 4.85. The number of hydrogen-bond donors (Lipinski definition) is 0. The van der Waals surface area contributed by atoms with Gasteiger partial charge in [0.1, 0.15) is 0 Å². The largest absolute Gasteiger partial charge is 0.469 e. The molecule has 4 nitrogen and oxygen atoms in total. The zero-order valence-electron chi connectivity index (χ0n) is 14.6. The van der Waals surface area contributed by atoms with Crippen LogP contribution in [0.5, 0.6) is 0 Å². The Labute approximate surface area is 147 Å². The van der Waals surface area contributed by atoms with Gasteiger partial charge in [-0.25, -0.2) is 0 Å². The molecule has 6 heteroatoms. The maximum atomic E-state index is 11.9. The lowest BCUT2D eigenvalue weighted by Gasteiger charge is -2.32. The van der Waals surface area contributed by atoms with Crippen LogP contribution >= 0.6 is 15.9 Å². The Balaban J connectivity index is 2.38. The first-order valence-electron chi connectivity index (χ1n) is 7.76. The van der Waals surface area contributed by atoms with Crippen LogP contribution in [0.1, 0.15) is 51.1 Å². The van der Waals surface area contributed by atoms with Gasteiger partial charge in [-0.15, -0.1) is 0 Å². The summed E-state index contributed by atoms with van der Waals surface area (Å²) in [5.41, 5.74) is 1.25. The standard InChI is InChI=1S/C17H24BBrO4/c1-11-9-12(19)7-8-13(11)14(10-15(20)21-6)18-22-16(2,3)17(4,5)23-18/h7-9,14H,10H2,1-6H3. The number of rotatable bonds is 4. The van der Waals surface area contributed by atoms with Crippen LogP contribution in [-0.4, -0.2) is 31.4 Å². The number of hydrogen-bond acceptors (Lipinski definition) is 4. The van der Waals surface area contributed by atoms with Crippen molar-refractivity contribution in [3.63, 3.8) is 0 Å². The average molecular weight is 383 g/mol. The first kappa shape index (κ1) is 18.5. The van der Waals surface area contributed by atoms with E-state index < -0.39 is 18.3 Å². The maximum absolute atomic E-state index is 11.9. The van der Waals surface area contributed by atoms with Crippen LogP contribution in [0.15, 0.2) is 22.7 Å². The second-order valence-corrected chi connectivity index (χ2v) is 7.93. The average Bonchev–Trinajstić information content (AvgIpc) is 2.65. The van der Waals surface area contributed by atoms with Crippen LogP contribution in [0.4, 0.5) is 0 Å². The van der Waals surface area contributed by atoms with Gasteiger partial charge in [0.2, 0.25) is 0 Å². The monoisotopic (exact) mass is 382 g/mol. The lowest BCUT2D eigenvalue weighted by atomic mass is 9.65. The summed E-state index contributed by atoms with van der Waals surface area (Å²) in [5, 5.41) is 0. The molecule has 1 aliphatic rings. The third-order valence-corrected chi connectivity index (χ3v) is 5.34. The molecule has 2 rings (SSSR count). The molecule has 0 radical (unpaired) electrons. The van der Waals surface area contributed by atoms with Crippen molar-refractivity contribution < 1.29 is 18.8 Å². The lowest BCUT2D eigenvalue weighted by molar-refractivity contribution is -0.140. The van der Waals surface area contributed by atoms with Gasteiger partial charge in [-0.3, -0.25) is 4.79 Å². The van der Waals surface area contributed by atoms with E-state index in [1.54, 1.807) is 0 Å². The van der Waals surface area contributed by atoms with Crippen LogP contribution < -0.4 is 0 Å². The molecule has 0 bridgehead atoms. The SMILES string of the molecule is COC(=O)CC(B1OC(C)(C)C(C)(C)O1)c1ccc(Br)cc1C. The molecular weight excluding hydrogens is 359 g/mol. The summed E-state index contributed by atoms with van der Waals surface area (Å²) in [6.07, 6.45) is 0.218. The van der Waals surface area contributed by atoms with Crippen LogP contribution in [-0.2, 0) is 18.8 Å². The Morgan fingerprint density at radius 2 is 1.83 bits per heavy atom. The molecule has 0 saturated carbocycles. The molecule has 1 aromatic carbocycles. The molecule has 0 spiro atoms. The molecule has 1 aliphatic heterocycles. The summed E-state index contributed by atoms with van der Waals surface area (Å²) in [6, 6.07) is 6.01.